The van der Waals surface area contributed by atoms with Crippen molar-refractivity contribution >= 4 is 15.8 Å². The van der Waals surface area contributed by atoms with Crippen molar-refractivity contribution in [2.75, 3.05) is 24.2 Å². The lowest BCUT2D eigenvalue weighted by Crippen LogP contribution is -2.44. The van der Waals surface area contributed by atoms with Gasteiger partial charge in [0.2, 0.25) is 10.0 Å². The van der Waals surface area contributed by atoms with Gasteiger partial charge in [0.1, 0.15) is 11.6 Å². The second-order valence-corrected chi connectivity index (χ2v) is 8.46. The molecule has 140 valence electrons. The summed E-state index contributed by atoms with van der Waals surface area (Å²) in [5, 5.41) is 0. The lowest BCUT2D eigenvalue weighted by molar-refractivity contribution is 0.460. The Morgan fingerprint density at radius 1 is 1.23 bits per heavy atom. The van der Waals surface area contributed by atoms with Crippen molar-refractivity contribution < 1.29 is 8.42 Å². The third kappa shape index (κ3) is 4.28. The van der Waals surface area contributed by atoms with Crippen LogP contribution in [0.25, 0.3) is 11.4 Å². The Balaban J connectivity index is 1.70. The molecule has 0 unspecified atom stereocenters. The van der Waals surface area contributed by atoms with Crippen LogP contribution in [0, 0.1) is 13.8 Å². The summed E-state index contributed by atoms with van der Waals surface area (Å²) in [4.78, 5) is 25.7. The fourth-order valence-corrected chi connectivity index (χ4v) is 3.87. The van der Waals surface area contributed by atoms with E-state index in [1.165, 1.54) is 6.26 Å². The van der Waals surface area contributed by atoms with Gasteiger partial charge in [-0.2, -0.15) is 0 Å². The molecule has 8 nitrogen and oxygen atoms in total. The summed E-state index contributed by atoms with van der Waals surface area (Å²) in [6.07, 6.45) is 4.36. The highest BCUT2D eigenvalue weighted by atomic mass is 32.2. The summed E-state index contributed by atoms with van der Waals surface area (Å²) in [6, 6.07) is 3.76. The van der Waals surface area contributed by atoms with Gasteiger partial charge in [-0.15, -0.1) is 0 Å². The predicted molar refractivity (Wildman–Crippen MR) is 101 cm³/mol. The first-order chi connectivity index (χ1) is 12.2. The quantitative estimate of drug-likeness (QED) is 0.822. The molecule has 1 aliphatic heterocycles. The van der Waals surface area contributed by atoms with E-state index in [1.807, 2.05) is 19.1 Å². The monoisotopic (exact) mass is 377 g/mol. The zero-order chi connectivity index (χ0) is 18.9. The van der Waals surface area contributed by atoms with Crippen molar-refractivity contribution in [1.29, 1.82) is 0 Å². The van der Waals surface area contributed by atoms with Crippen LogP contribution in [0.5, 0.6) is 0 Å². The third-order valence-corrected chi connectivity index (χ3v) is 5.38. The molecule has 1 fully saturated rings. The van der Waals surface area contributed by atoms with Gasteiger partial charge in [0, 0.05) is 42.1 Å². The van der Waals surface area contributed by atoms with Crippen LogP contribution in [0.4, 0.5) is 5.82 Å². The maximum absolute atomic E-state index is 11.9. The van der Waals surface area contributed by atoms with E-state index >= 15 is 0 Å². The van der Waals surface area contributed by atoms with Crippen LogP contribution in [0.3, 0.4) is 0 Å². The molecule has 2 N–H and O–H groups in total. The number of aryl methyl sites for hydroxylation is 1. The van der Waals surface area contributed by atoms with Crippen molar-refractivity contribution in [3.63, 3.8) is 0 Å². The first-order valence-corrected chi connectivity index (χ1v) is 10.4. The Morgan fingerprint density at radius 2 is 1.92 bits per heavy atom. The van der Waals surface area contributed by atoms with Crippen molar-refractivity contribution in [3.8, 4) is 11.4 Å². The van der Waals surface area contributed by atoms with Crippen LogP contribution in [-0.4, -0.2) is 48.8 Å². The molecule has 26 heavy (non-hydrogen) atoms. The molecule has 0 bridgehead atoms. The highest BCUT2D eigenvalue weighted by Crippen LogP contribution is 2.21. The minimum atomic E-state index is -3.17. The van der Waals surface area contributed by atoms with Crippen LogP contribution in [0.1, 0.15) is 24.1 Å². The first kappa shape index (κ1) is 18.5. The van der Waals surface area contributed by atoms with E-state index in [0.717, 1.165) is 37.3 Å². The molecule has 1 saturated heterocycles. The van der Waals surface area contributed by atoms with Gasteiger partial charge in [0.15, 0.2) is 0 Å². The van der Waals surface area contributed by atoms with Crippen LogP contribution in [-0.2, 0) is 10.0 Å². The number of sulfonamides is 1. The molecule has 0 aliphatic carbocycles. The average Bonchev–Trinajstić information content (AvgIpc) is 2.59. The second kappa shape index (κ2) is 7.16. The molecule has 9 heteroatoms. The number of nitrogens with zero attached hydrogens (tertiary/aromatic N) is 3. The fraction of sp³-hybridized carbons (Fsp3) is 0.471. The van der Waals surface area contributed by atoms with Crippen LogP contribution in [0.15, 0.2) is 23.1 Å². The van der Waals surface area contributed by atoms with E-state index in [0.29, 0.717) is 17.1 Å². The van der Waals surface area contributed by atoms with Gasteiger partial charge in [-0.3, -0.25) is 4.79 Å². The molecule has 0 atom stereocenters. The molecular formula is C17H23N5O3S. The number of pyridine rings is 1. The standard InChI is InChI=1S/C17H23N5O3S/c1-11-12(2)19-16(20-17(11)23)13-4-5-15(18-10-13)22-8-6-14(7-9-22)21-26(3,24)25/h4-5,10,14,21H,6-9H2,1-3H3,(H,19,20,23). The number of aromatic nitrogens is 3. The van der Waals surface area contributed by atoms with Gasteiger partial charge in [-0.05, 0) is 38.8 Å². The molecule has 1 aliphatic rings. The van der Waals surface area contributed by atoms with Gasteiger partial charge >= 0.3 is 0 Å². The van der Waals surface area contributed by atoms with Crippen molar-refractivity contribution in [1.82, 2.24) is 19.7 Å². The van der Waals surface area contributed by atoms with Crippen LogP contribution in [0.2, 0.25) is 0 Å². The lowest BCUT2D eigenvalue weighted by Gasteiger charge is -2.32. The Morgan fingerprint density at radius 3 is 2.46 bits per heavy atom. The molecule has 2 aromatic rings. The summed E-state index contributed by atoms with van der Waals surface area (Å²) in [7, 11) is -3.17. The number of hydrogen-bond acceptors (Lipinski definition) is 6. The van der Waals surface area contributed by atoms with Crippen molar-refractivity contribution in [2.45, 2.75) is 32.7 Å². The maximum atomic E-state index is 11.9. The number of piperidine rings is 1. The molecule has 0 saturated carbocycles. The average molecular weight is 377 g/mol. The van der Waals surface area contributed by atoms with E-state index in [4.69, 9.17) is 0 Å². The summed E-state index contributed by atoms with van der Waals surface area (Å²) in [5.41, 5.74) is 1.93. The SMILES string of the molecule is Cc1nc(-c2ccc(N3CCC(NS(C)(=O)=O)CC3)nc2)[nH]c(=O)c1C. The fourth-order valence-electron chi connectivity index (χ4n) is 3.02. The highest BCUT2D eigenvalue weighted by molar-refractivity contribution is 7.88. The lowest BCUT2D eigenvalue weighted by atomic mass is 10.1. The van der Waals surface area contributed by atoms with Crippen LogP contribution >= 0.6 is 0 Å². The molecule has 2 aromatic heterocycles. The number of H-pyrrole nitrogens is 1. The molecule has 0 amide bonds. The van der Waals surface area contributed by atoms with Crippen LogP contribution < -0.4 is 15.2 Å². The van der Waals surface area contributed by atoms with Crippen molar-refractivity contribution in [3.05, 3.63) is 39.9 Å². The van der Waals surface area contributed by atoms with Gasteiger partial charge in [0.25, 0.3) is 5.56 Å². The van der Waals surface area contributed by atoms with Crippen molar-refractivity contribution in [2.24, 2.45) is 0 Å². The number of rotatable bonds is 4. The van der Waals surface area contributed by atoms with E-state index in [9.17, 15) is 13.2 Å². The van der Waals surface area contributed by atoms with Gasteiger partial charge in [-0.25, -0.2) is 23.1 Å². The zero-order valence-electron chi connectivity index (χ0n) is 15.1. The molecule has 0 radical (unpaired) electrons. The molecule has 3 rings (SSSR count). The van der Waals surface area contributed by atoms with E-state index in [-0.39, 0.29) is 11.6 Å². The van der Waals surface area contributed by atoms with Gasteiger partial charge in [-0.1, -0.05) is 0 Å². The normalized spacial score (nSPS) is 16.0. The Bertz CT molecular complexity index is 945. The smallest absolute Gasteiger partial charge is 0.254 e. The van der Waals surface area contributed by atoms with Gasteiger partial charge in [0.05, 0.1) is 6.26 Å². The molecule has 0 aromatic carbocycles. The second-order valence-electron chi connectivity index (χ2n) is 6.68. The van der Waals surface area contributed by atoms with E-state index in [2.05, 4.69) is 24.6 Å². The largest absolute Gasteiger partial charge is 0.357 e. The number of hydrogen-bond donors (Lipinski definition) is 2. The zero-order valence-corrected chi connectivity index (χ0v) is 15.9. The summed E-state index contributed by atoms with van der Waals surface area (Å²) in [5.74, 6) is 1.34. The summed E-state index contributed by atoms with van der Waals surface area (Å²) >= 11 is 0. The minimum absolute atomic E-state index is 0.0228. The summed E-state index contributed by atoms with van der Waals surface area (Å²) < 4.78 is 25.3. The Hall–Kier alpha value is -2.26. The topological polar surface area (TPSA) is 108 Å². The predicted octanol–water partition coefficient (Wildman–Crippen LogP) is 0.967. The molecule has 0 spiro atoms. The maximum Gasteiger partial charge on any atom is 0.254 e. The number of anilines is 1. The van der Waals surface area contributed by atoms with E-state index < -0.39 is 10.0 Å². The van der Waals surface area contributed by atoms with E-state index in [1.54, 1.807) is 13.1 Å². The van der Waals surface area contributed by atoms with Gasteiger partial charge < -0.3 is 9.88 Å². The molecular weight excluding hydrogens is 354 g/mol. The number of nitrogens with one attached hydrogen (secondary N) is 2. The first-order valence-electron chi connectivity index (χ1n) is 8.49. The Kier molecular flexibility index (Phi) is 5.10. The highest BCUT2D eigenvalue weighted by Gasteiger charge is 2.22. The molecule has 3 heterocycles. The number of aromatic amines is 1. The Labute approximate surface area is 152 Å². The summed E-state index contributed by atoms with van der Waals surface area (Å²) in [6.45, 7) is 5.02. The third-order valence-electron chi connectivity index (χ3n) is 4.62. The minimum Gasteiger partial charge on any atom is -0.357 e.